The molecule has 27 heavy (non-hydrogen) atoms. The van der Waals surface area contributed by atoms with Crippen molar-refractivity contribution in [2.45, 2.75) is 19.4 Å². The van der Waals surface area contributed by atoms with Crippen LogP contribution in [0.2, 0.25) is 5.02 Å². The Balaban J connectivity index is 0.00000261. The fourth-order valence-electron chi connectivity index (χ4n) is 2.97. The standard InChI is InChI=1S/C19H23ClN4OS.HI/c1-21-19(22-9-6-14-4-2-3-5-16(14)20)23-12-18(25)24-10-7-17-15(13-24)8-11-26-17;/h2-5,8,11H,6-7,9-10,12-13H2,1H3,(H2,21,22,23);1H. The summed E-state index contributed by atoms with van der Waals surface area (Å²) in [7, 11) is 1.70. The maximum absolute atomic E-state index is 12.5. The van der Waals surface area contributed by atoms with E-state index in [2.05, 4.69) is 27.1 Å². The number of aliphatic imine (C=N–C) groups is 1. The number of thiophene rings is 1. The Bertz CT molecular complexity index is 796. The van der Waals surface area contributed by atoms with Crippen molar-refractivity contribution in [3.05, 3.63) is 56.7 Å². The molecule has 3 rings (SSSR count). The lowest BCUT2D eigenvalue weighted by atomic mass is 10.1. The van der Waals surface area contributed by atoms with Gasteiger partial charge in [0, 0.05) is 36.6 Å². The zero-order valence-electron chi connectivity index (χ0n) is 15.2. The van der Waals surface area contributed by atoms with Crippen molar-refractivity contribution in [1.29, 1.82) is 0 Å². The topological polar surface area (TPSA) is 56.7 Å². The van der Waals surface area contributed by atoms with Gasteiger partial charge in [0.15, 0.2) is 5.96 Å². The smallest absolute Gasteiger partial charge is 0.242 e. The summed E-state index contributed by atoms with van der Waals surface area (Å²) in [5.74, 6) is 0.717. The van der Waals surface area contributed by atoms with Gasteiger partial charge in [0.25, 0.3) is 0 Å². The monoisotopic (exact) mass is 518 g/mol. The van der Waals surface area contributed by atoms with E-state index < -0.39 is 0 Å². The van der Waals surface area contributed by atoms with Crippen molar-refractivity contribution in [3.8, 4) is 0 Å². The van der Waals surface area contributed by atoms with E-state index in [1.807, 2.05) is 29.2 Å². The van der Waals surface area contributed by atoms with Gasteiger partial charge in [-0.15, -0.1) is 35.3 Å². The van der Waals surface area contributed by atoms with Gasteiger partial charge >= 0.3 is 0 Å². The maximum Gasteiger partial charge on any atom is 0.242 e. The van der Waals surface area contributed by atoms with Crippen LogP contribution in [0.3, 0.4) is 0 Å². The summed E-state index contributed by atoms with van der Waals surface area (Å²) in [5.41, 5.74) is 2.37. The Kier molecular flexibility index (Phi) is 8.85. The van der Waals surface area contributed by atoms with Gasteiger partial charge in [0.2, 0.25) is 5.91 Å². The van der Waals surface area contributed by atoms with Crippen LogP contribution < -0.4 is 10.6 Å². The molecule has 0 radical (unpaired) electrons. The van der Waals surface area contributed by atoms with Crippen LogP contribution in [-0.2, 0) is 24.2 Å². The van der Waals surface area contributed by atoms with Crippen molar-refractivity contribution in [3.63, 3.8) is 0 Å². The van der Waals surface area contributed by atoms with Gasteiger partial charge in [-0.3, -0.25) is 9.79 Å². The molecule has 1 aliphatic heterocycles. The lowest BCUT2D eigenvalue weighted by molar-refractivity contribution is -0.130. The SMILES string of the molecule is CN=C(NCCc1ccccc1Cl)NCC(=O)N1CCc2sccc2C1.I. The first-order valence-corrected chi connectivity index (χ1v) is 9.94. The molecule has 0 saturated heterocycles. The molecule has 5 nitrogen and oxygen atoms in total. The van der Waals surface area contributed by atoms with Gasteiger partial charge in [-0.25, -0.2) is 0 Å². The first-order valence-electron chi connectivity index (χ1n) is 8.68. The maximum atomic E-state index is 12.5. The molecule has 2 heterocycles. The van der Waals surface area contributed by atoms with E-state index in [4.69, 9.17) is 11.6 Å². The third-order valence-electron chi connectivity index (χ3n) is 4.44. The third-order valence-corrected chi connectivity index (χ3v) is 5.83. The summed E-state index contributed by atoms with van der Waals surface area (Å²) in [4.78, 5) is 19.9. The second-order valence-electron chi connectivity index (χ2n) is 6.13. The van der Waals surface area contributed by atoms with Gasteiger partial charge in [0.1, 0.15) is 0 Å². The zero-order chi connectivity index (χ0) is 18.4. The fraction of sp³-hybridized carbons (Fsp3) is 0.368. The Morgan fingerprint density at radius 3 is 2.89 bits per heavy atom. The summed E-state index contributed by atoms with van der Waals surface area (Å²) in [6, 6.07) is 9.91. The first-order chi connectivity index (χ1) is 12.7. The summed E-state index contributed by atoms with van der Waals surface area (Å²) in [6.07, 6.45) is 1.74. The Hall–Kier alpha value is -1.32. The number of amides is 1. The quantitative estimate of drug-likeness (QED) is 0.363. The average molecular weight is 519 g/mol. The number of hydrogen-bond acceptors (Lipinski definition) is 3. The number of guanidine groups is 1. The molecular weight excluding hydrogens is 495 g/mol. The van der Waals surface area contributed by atoms with Crippen LogP contribution in [0.25, 0.3) is 0 Å². The van der Waals surface area contributed by atoms with Gasteiger partial charge < -0.3 is 15.5 Å². The highest BCUT2D eigenvalue weighted by atomic mass is 127. The minimum absolute atomic E-state index is 0. The van der Waals surface area contributed by atoms with E-state index in [1.54, 1.807) is 18.4 Å². The molecule has 0 atom stereocenters. The molecule has 2 N–H and O–H groups in total. The van der Waals surface area contributed by atoms with Crippen LogP contribution in [0, 0.1) is 0 Å². The van der Waals surface area contributed by atoms with Crippen LogP contribution in [0.15, 0.2) is 40.7 Å². The van der Waals surface area contributed by atoms with Crippen molar-refractivity contribution in [1.82, 2.24) is 15.5 Å². The molecule has 0 aliphatic carbocycles. The summed E-state index contributed by atoms with van der Waals surface area (Å²) >= 11 is 7.94. The molecule has 1 amide bonds. The van der Waals surface area contributed by atoms with Crippen molar-refractivity contribution < 1.29 is 4.79 Å². The highest BCUT2D eigenvalue weighted by molar-refractivity contribution is 14.0. The van der Waals surface area contributed by atoms with Crippen LogP contribution in [0.4, 0.5) is 0 Å². The van der Waals surface area contributed by atoms with Crippen molar-refractivity contribution >= 4 is 58.8 Å². The molecule has 1 aliphatic rings. The molecule has 1 aromatic heterocycles. The number of rotatable bonds is 5. The molecule has 146 valence electrons. The van der Waals surface area contributed by atoms with Crippen molar-refractivity contribution in [2.75, 3.05) is 26.7 Å². The lowest BCUT2D eigenvalue weighted by Crippen LogP contribution is -2.46. The Morgan fingerprint density at radius 2 is 2.11 bits per heavy atom. The molecule has 0 unspecified atom stereocenters. The molecule has 1 aromatic carbocycles. The fourth-order valence-corrected chi connectivity index (χ4v) is 4.09. The van der Waals surface area contributed by atoms with Crippen LogP contribution >= 0.6 is 46.9 Å². The third kappa shape index (κ3) is 6.08. The number of carbonyl (C=O) groups excluding carboxylic acids is 1. The zero-order valence-corrected chi connectivity index (χ0v) is 19.1. The van der Waals surface area contributed by atoms with Gasteiger partial charge in [-0.05, 0) is 41.5 Å². The van der Waals surface area contributed by atoms with Crippen LogP contribution in [-0.4, -0.2) is 43.4 Å². The molecule has 2 aromatic rings. The van der Waals surface area contributed by atoms with E-state index >= 15 is 0 Å². The number of hydrogen-bond donors (Lipinski definition) is 2. The summed E-state index contributed by atoms with van der Waals surface area (Å²) < 4.78 is 0. The lowest BCUT2D eigenvalue weighted by Gasteiger charge is -2.27. The van der Waals surface area contributed by atoms with E-state index in [0.29, 0.717) is 19.0 Å². The molecule has 0 spiro atoms. The van der Waals surface area contributed by atoms with E-state index in [-0.39, 0.29) is 36.4 Å². The minimum Gasteiger partial charge on any atom is -0.356 e. The summed E-state index contributed by atoms with van der Waals surface area (Å²) in [6.45, 7) is 2.43. The van der Waals surface area contributed by atoms with E-state index in [1.165, 1.54) is 10.4 Å². The van der Waals surface area contributed by atoms with Gasteiger partial charge in [0.05, 0.1) is 6.54 Å². The van der Waals surface area contributed by atoms with Crippen molar-refractivity contribution in [2.24, 2.45) is 4.99 Å². The molecule has 0 saturated carbocycles. The number of benzene rings is 1. The number of carbonyl (C=O) groups is 1. The Morgan fingerprint density at radius 1 is 1.30 bits per heavy atom. The number of halogens is 2. The van der Waals surface area contributed by atoms with E-state index in [9.17, 15) is 4.79 Å². The number of fused-ring (bicyclic) bond motifs is 1. The molecule has 0 fully saturated rings. The first kappa shape index (κ1) is 22.0. The largest absolute Gasteiger partial charge is 0.356 e. The molecular formula is C19H24ClIN4OS. The number of nitrogens with one attached hydrogen (secondary N) is 2. The normalized spacial score (nSPS) is 13.6. The van der Waals surface area contributed by atoms with E-state index in [0.717, 1.165) is 30.0 Å². The number of nitrogens with zero attached hydrogens (tertiary/aromatic N) is 2. The highest BCUT2D eigenvalue weighted by Gasteiger charge is 2.21. The highest BCUT2D eigenvalue weighted by Crippen LogP contribution is 2.23. The Labute approximate surface area is 186 Å². The molecule has 8 heteroatoms. The average Bonchev–Trinajstić information content (AvgIpc) is 3.13. The van der Waals surface area contributed by atoms with Gasteiger partial charge in [-0.2, -0.15) is 0 Å². The predicted octanol–water partition coefficient (Wildman–Crippen LogP) is 3.31. The predicted molar refractivity (Wildman–Crippen MR) is 123 cm³/mol. The second kappa shape index (κ2) is 10.9. The minimum atomic E-state index is 0. The second-order valence-corrected chi connectivity index (χ2v) is 7.54. The van der Waals surface area contributed by atoms with Crippen LogP contribution in [0.5, 0.6) is 0 Å². The van der Waals surface area contributed by atoms with Gasteiger partial charge in [-0.1, -0.05) is 29.8 Å². The molecule has 0 bridgehead atoms. The van der Waals surface area contributed by atoms with Crippen LogP contribution in [0.1, 0.15) is 16.0 Å². The summed E-state index contributed by atoms with van der Waals surface area (Å²) in [5, 5.41) is 9.20.